The molecule has 152 valence electrons. The Hall–Kier alpha value is -0.770. The first-order valence-corrected chi connectivity index (χ1v) is 9.51. The zero-order valence-corrected chi connectivity index (χ0v) is 18.9. The standard InChI is InChI=1S/C18H34N4O3.HI/c1-5-19-16(21-11-9-15(23)13-21)20-12-14-8-6-7-10-22(14)17(24)25-18(2,3)4;/h14-15,23H,5-13H2,1-4H3,(H,19,20);1H/t14?,15-;/m1./s1. The van der Waals surface area contributed by atoms with Gasteiger partial charge in [0.05, 0.1) is 18.7 Å². The van der Waals surface area contributed by atoms with E-state index in [1.807, 2.05) is 32.6 Å². The van der Waals surface area contributed by atoms with Gasteiger partial charge >= 0.3 is 6.09 Å². The maximum absolute atomic E-state index is 12.5. The number of hydrogen-bond donors (Lipinski definition) is 2. The Kier molecular flexibility index (Phi) is 9.43. The molecule has 2 atom stereocenters. The van der Waals surface area contributed by atoms with Crippen LogP contribution in [-0.4, -0.2) is 77.4 Å². The molecule has 0 bridgehead atoms. The van der Waals surface area contributed by atoms with Crippen LogP contribution in [0.15, 0.2) is 4.99 Å². The van der Waals surface area contributed by atoms with Crippen molar-refractivity contribution in [1.82, 2.24) is 15.1 Å². The molecule has 1 amide bonds. The molecule has 7 nitrogen and oxygen atoms in total. The summed E-state index contributed by atoms with van der Waals surface area (Å²) in [4.78, 5) is 21.2. The van der Waals surface area contributed by atoms with Gasteiger partial charge in [-0.25, -0.2) is 4.79 Å². The Labute approximate surface area is 174 Å². The van der Waals surface area contributed by atoms with Gasteiger partial charge in [0.25, 0.3) is 0 Å². The minimum absolute atomic E-state index is 0. The monoisotopic (exact) mass is 482 g/mol. The molecular weight excluding hydrogens is 447 g/mol. The van der Waals surface area contributed by atoms with Crippen molar-refractivity contribution in [3.8, 4) is 0 Å². The fourth-order valence-corrected chi connectivity index (χ4v) is 3.30. The molecule has 2 heterocycles. The van der Waals surface area contributed by atoms with E-state index in [2.05, 4.69) is 10.2 Å². The van der Waals surface area contributed by atoms with Gasteiger partial charge in [-0.3, -0.25) is 4.99 Å². The normalized spacial score (nSPS) is 24.3. The van der Waals surface area contributed by atoms with Gasteiger partial charge in [0.15, 0.2) is 5.96 Å². The Morgan fingerprint density at radius 2 is 2.00 bits per heavy atom. The number of aliphatic hydroxyl groups is 1. The van der Waals surface area contributed by atoms with Crippen molar-refractivity contribution in [2.24, 2.45) is 4.99 Å². The highest BCUT2D eigenvalue weighted by atomic mass is 127. The van der Waals surface area contributed by atoms with E-state index in [1.165, 1.54) is 0 Å². The average Bonchev–Trinajstić information content (AvgIpc) is 2.96. The summed E-state index contributed by atoms with van der Waals surface area (Å²) in [7, 11) is 0. The number of rotatable bonds is 3. The van der Waals surface area contributed by atoms with Crippen LogP contribution in [0.2, 0.25) is 0 Å². The molecule has 2 rings (SSSR count). The number of halogens is 1. The van der Waals surface area contributed by atoms with E-state index in [0.29, 0.717) is 13.1 Å². The number of β-amino-alcohol motifs (C(OH)–C–C–N with tert-alkyl or cyclic N) is 1. The molecule has 2 aliphatic heterocycles. The molecule has 0 aromatic rings. The number of guanidine groups is 1. The van der Waals surface area contributed by atoms with Crippen molar-refractivity contribution < 1.29 is 14.6 Å². The molecule has 1 unspecified atom stereocenters. The summed E-state index contributed by atoms with van der Waals surface area (Å²) in [6.45, 7) is 11.2. The fraction of sp³-hybridized carbons (Fsp3) is 0.889. The summed E-state index contributed by atoms with van der Waals surface area (Å²) in [6, 6.07) is 0.0739. The summed E-state index contributed by atoms with van der Waals surface area (Å²) in [5, 5.41) is 13.1. The van der Waals surface area contributed by atoms with Gasteiger partial charge in [0, 0.05) is 26.2 Å². The largest absolute Gasteiger partial charge is 0.444 e. The number of amides is 1. The predicted molar refractivity (Wildman–Crippen MR) is 114 cm³/mol. The van der Waals surface area contributed by atoms with Crippen LogP contribution in [0, 0.1) is 0 Å². The SMILES string of the molecule is CCNC(=NCC1CCCCN1C(=O)OC(C)(C)C)N1CC[C@@H](O)C1.I. The topological polar surface area (TPSA) is 77.4 Å². The van der Waals surface area contributed by atoms with Crippen LogP contribution in [0.5, 0.6) is 0 Å². The highest BCUT2D eigenvalue weighted by molar-refractivity contribution is 14.0. The number of carbonyl (C=O) groups is 1. The lowest BCUT2D eigenvalue weighted by Gasteiger charge is -2.36. The van der Waals surface area contributed by atoms with Crippen LogP contribution in [0.3, 0.4) is 0 Å². The molecule has 2 fully saturated rings. The quantitative estimate of drug-likeness (QED) is 0.367. The molecule has 2 saturated heterocycles. The molecule has 2 aliphatic rings. The van der Waals surface area contributed by atoms with Crippen molar-refractivity contribution in [1.29, 1.82) is 0 Å². The summed E-state index contributed by atoms with van der Waals surface area (Å²) in [5.74, 6) is 0.828. The van der Waals surface area contributed by atoms with Crippen molar-refractivity contribution in [2.45, 2.75) is 71.1 Å². The number of nitrogens with zero attached hydrogens (tertiary/aromatic N) is 3. The molecule has 0 aromatic heterocycles. The smallest absolute Gasteiger partial charge is 0.410 e. The van der Waals surface area contributed by atoms with Gasteiger partial charge in [0.2, 0.25) is 0 Å². The molecule has 0 spiro atoms. The Morgan fingerprint density at radius 3 is 2.58 bits per heavy atom. The van der Waals surface area contributed by atoms with Gasteiger partial charge in [-0.1, -0.05) is 0 Å². The van der Waals surface area contributed by atoms with Gasteiger partial charge in [-0.15, -0.1) is 24.0 Å². The van der Waals surface area contributed by atoms with Crippen molar-refractivity contribution in [2.75, 3.05) is 32.7 Å². The lowest BCUT2D eigenvalue weighted by Crippen LogP contribution is -2.48. The number of hydrogen-bond acceptors (Lipinski definition) is 4. The number of likely N-dealkylation sites (tertiary alicyclic amines) is 2. The maximum atomic E-state index is 12.5. The third-order valence-electron chi connectivity index (χ3n) is 4.50. The first kappa shape index (κ1) is 23.3. The second kappa shape index (κ2) is 10.5. The molecular formula is C18H35IN4O3. The number of ether oxygens (including phenoxy) is 1. The first-order chi connectivity index (χ1) is 11.8. The molecule has 8 heteroatoms. The molecule has 0 aromatic carbocycles. The van der Waals surface area contributed by atoms with Crippen LogP contribution in [0.1, 0.15) is 53.4 Å². The van der Waals surface area contributed by atoms with Crippen LogP contribution in [0.25, 0.3) is 0 Å². The van der Waals surface area contributed by atoms with Gasteiger partial charge < -0.3 is 25.0 Å². The number of aliphatic hydroxyl groups excluding tert-OH is 1. The minimum atomic E-state index is -0.483. The zero-order chi connectivity index (χ0) is 18.4. The predicted octanol–water partition coefficient (Wildman–Crippen LogP) is 2.43. The maximum Gasteiger partial charge on any atom is 0.410 e. The summed E-state index contributed by atoms with van der Waals surface area (Å²) < 4.78 is 5.56. The summed E-state index contributed by atoms with van der Waals surface area (Å²) >= 11 is 0. The second-order valence-electron chi connectivity index (χ2n) is 7.91. The van der Waals surface area contributed by atoms with Gasteiger partial charge in [-0.05, 0) is 53.4 Å². The first-order valence-electron chi connectivity index (χ1n) is 9.51. The summed E-state index contributed by atoms with van der Waals surface area (Å²) in [5.41, 5.74) is -0.483. The lowest BCUT2D eigenvalue weighted by molar-refractivity contribution is 0.0109. The van der Waals surface area contributed by atoms with Gasteiger partial charge in [-0.2, -0.15) is 0 Å². The lowest BCUT2D eigenvalue weighted by atomic mass is 10.0. The van der Waals surface area contributed by atoms with E-state index in [0.717, 1.165) is 51.3 Å². The average molecular weight is 482 g/mol. The number of carbonyl (C=O) groups excluding carboxylic acids is 1. The van der Waals surface area contributed by atoms with Crippen molar-refractivity contribution >= 4 is 36.0 Å². The highest BCUT2D eigenvalue weighted by Crippen LogP contribution is 2.21. The number of aliphatic imine (C=N–C) groups is 1. The van der Waals surface area contributed by atoms with Crippen LogP contribution in [-0.2, 0) is 4.74 Å². The third kappa shape index (κ3) is 7.09. The van der Waals surface area contributed by atoms with Crippen molar-refractivity contribution in [3.05, 3.63) is 0 Å². The minimum Gasteiger partial charge on any atom is -0.444 e. The Morgan fingerprint density at radius 1 is 1.27 bits per heavy atom. The van der Waals surface area contributed by atoms with Crippen LogP contribution < -0.4 is 5.32 Å². The van der Waals surface area contributed by atoms with E-state index < -0.39 is 5.60 Å². The Bertz CT molecular complexity index is 482. The van der Waals surface area contributed by atoms with E-state index in [1.54, 1.807) is 0 Å². The van der Waals surface area contributed by atoms with E-state index in [4.69, 9.17) is 9.73 Å². The fourth-order valence-electron chi connectivity index (χ4n) is 3.30. The van der Waals surface area contributed by atoms with Crippen LogP contribution in [0.4, 0.5) is 4.79 Å². The molecule has 2 N–H and O–H groups in total. The van der Waals surface area contributed by atoms with E-state index in [9.17, 15) is 9.90 Å². The Balaban J connectivity index is 0.00000338. The summed E-state index contributed by atoms with van der Waals surface area (Å²) in [6.07, 6.45) is 3.32. The van der Waals surface area contributed by atoms with E-state index >= 15 is 0 Å². The third-order valence-corrected chi connectivity index (χ3v) is 4.50. The molecule has 0 aliphatic carbocycles. The van der Waals surface area contributed by atoms with Crippen LogP contribution >= 0.6 is 24.0 Å². The molecule has 26 heavy (non-hydrogen) atoms. The van der Waals surface area contributed by atoms with Gasteiger partial charge in [0.1, 0.15) is 5.60 Å². The molecule has 0 saturated carbocycles. The zero-order valence-electron chi connectivity index (χ0n) is 16.5. The second-order valence-corrected chi connectivity index (χ2v) is 7.91. The number of piperidine rings is 1. The highest BCUT2D eigenvalue weighted by Gasteiger charge is 2.31. The molecule has 0 radical (unpaired) electrons. The van der Waals surface area contributed by atoms with Crippen molar-refractivity contribution in [3.63, 3.8) is 0 Å². The van der Waals surface area contributed by atoms with E-state index in [-0.39, 0.29) is 42.2 Å². The number of nitrogens with one attached hydrogen (secondary N) is 1.